The van der Waals surface area contributed by atoms with Gasteiger partial charge in [-0.15, -0.1) is 0 Å². The van der Waals surface area contributed by atoms with Crippen LogP contribution in [0.5, 0.6) is 0 Å². The molecule has 0 saturated heterocycles. The molecular formula is C16H16F2N2O. The number of benzene rings is 2. The SMILES string of the molecule is CN(Cc1ccccc1)C(=O)CNc1ccc(F)c(F)c1. The summed E-state index contributed by atoms with van der Waals surface area (Å²) in [6.07, 6.45) is 0. The predicted molar refractivity (Wildman–Crippen MR) is 77.8 cm³/mol. The molecule has 0 fully saturated rings. The Labute approximate surface area is 122 Å². The van der Waals surface area contributed by atoms with Crippen molar-refractivity contribution in [1.29, 1.82) is 0 Å². The smallest absolute Gasteiger partial charge is 0.241 e. The van der Waals surface area contributed by atoms with Gasteiger partial charge in [0.2, 0.25) is 5.91 Å². The van der Waals surface area contributed by atoms with Gasteiger partial charge in [0.1, 0.15) is 0 Å². The highest BCUT2D eigenvalue weighted by Gasteiger charge is 2.09. The number of anilines is 1. The number of carbonyl (C=O) groups is 1. The topological polar surface area (TPSA) is 32.3 Å². The molecule has 1 N–H and O–H groups in total. The Morgan fingerprint density at radius 1 is 1.10 bits per heavy atom. The van der Waals surface area contributed by atoms with Gasteiger partial charge in [-0.1, -0.05) is 30.3 Å². The van der Waals surface area contributed by atoms with E-state index in [0.29, 0.717) is 12.2 Å². The summed E-state index contributed by atoms with van der Waals surface area (Å²) >= 11 is 0. The fourth-order valence-electron chi connectivity index (χ4n) is 1.86. The van der Waals surface area contributed by atoms with Crippen LogP contribution in [0.4, 0.5) is 14.5 Å². The third-order valence-electron chi connectivity index (χ3n) is 3.05. The molecule has 0 radical (unpaired) electrons. The van der Waals surface area contributed by atoms with E-state index >= 15 is 0 Å². The molecule has 0 aliphatic heterocycles. The van der Waals surface area contributed by atoms with E-state index in [9.17, 15) is 13.6 Å². The summed E-state index contributed by atoms with van der Waals surface area (Å²) in [6.45, 7) is 0.521. The van der Waals surface area contributed by atoms with Crippen LogP contribution in [-0.2, 0) is 11.3 Å². The largest absolute Gasteiger partial charge is 0.376 e. The lowest BCUT2D eigenvalue weighted by Gasteiger charge is -2.18. The molecule has 5 heteroatoms. The van der Waals surface area contributed by atoms with E-state index in [1.165, 1.54) is 6.07 Å². The number of nitrogens with one attached hydrogen (secondary N) is 1. The zero-order valence-electron chi connectivity index (χ0n) is 11.6. The van der Waals surface area contributed by atoms with Crippen molar-refractivity contribution in [3.63, 3.8) is 0 Å². The Balaban J connectivity index is 1.87. The molecule has 0 bridgehead atoms. The number of nitrogens with zero attached hydrogens (tertiary/aromatic N) is 1. The molecule has 0 aromatic heterocycles. The number of halogens is 2. The van der Waals surface area contributed by atoms with Crippen LogP contribution in [0.25, 0.3) is 0 Å². The monoisotopic (exact) mass is 290 g/mol. The minimum Gasteiger partial charge on any atom is -0.376 e. The first-order chi connectivity index (χ1) is 10.1. The van der Waals surface area contributed by atoms with E-state index in [1.54, 1.807) is 11.9 Å². The molecule has 0 spiro atoms. The average molecular weight is 290 g/mol. The summed E-state index contributed by atoms with van der Waals surface area (Å²) in [7, 11) is 1.70. The molecular weight excluding hydrogens is 274 g/mol. The van der Waals surface area contributed by atoms with Crippen LogP contribution in [0.1, 0.15) is 5.56 Å². The maximum absolute atomic E-state index is 13.0. The predicted octanol–water partition coefficient (Wildman–Crippen LogP) is 3.04. The molecule has 21 heavy (non-hydrogen) atoms. The maximum Gasteiger partial charge on any atom is 0.241 e. The van der Waals surface area contributed by atoms with E-state index < -0.39 is 11.6 Å². The molecule has 0 aliphatic rings. The van der Waals surface area contributed by atoms with E-state index in [2.05, 4.69) is 5.32 Å². The Kier molecular flexibility index (Phi) is 4.87. The second-order valence-electron chi connectivity index (χ2n) is 4.72. The standard InChI is InChI=1S/C16H16F2N2O/c1-20(11-12-5-3-2-4-6-12)16(21)10-19-13-7-8-14(17)15(18)9-13/h2-9,19H,10-11H2,1H3. The molecule has 0 atom stereocenters. The molecule has 2 rings (SSSR count). The molecule has 2 aromatic rings. The van der Waals surface area contributed by atoms with Crippen LogP contribution in [0.15, 0.2) is 48.5 Å². The second kappa shape index (κ2) is 6.83. The van der Waals surface area contributed by atoms with Gasteiger partial charge in [0, 0.05) is 25.3 Å². The molecule has 2 aromatic carbocycles. The second-order valence-corrected chi connectivity index (χ2v) is 4.72. The van der Waals surface area contributed by atoms with Crippen LogP contribution in [0.2, 0.25) is 0 Å². The number of amides is 1. The van der Waals surface area contributed by atoms with Crippen molar-refractivity contribution >= 4 is 11.6 Å². The molecule has 0 unspecified atom stereocenters. The summed E-state index contributed by atoms with van der Waals surface area (Å²) in [5.41, 5.74) is 1.40. The highest BCUT2D eigenvalue weighted by atomic mass is 19.2. The van der Waals surface area contributed by atoms with Crippen LogP contribution in [-0.4, -0.2) is 24.4 Å². The van der Waals surface area contributed by atoms with Crippen LogP contribution >= 0.6 is 0 Å². The van der Waals surface area contributed by atoms with Crippen LogP contribution in [0.3, 0.4) is 0 Å². The first-order valence-electron chi connectivity index (χ1n) is 6.53. The minimum atomic E-state index is -0.940. The lowest BCUT2D eigenvalue weighted by atomic mass is 10.2. The summed E-state index contributed by atoms with van der Waals surface area (Å²) in [6, 6.07) is 13.0. The van der Waals surface area contributed by atoms with E-state index in [0.717, 1.165) is 17.7 Å². The van der Waals surface area contributed by atoms with Crippen molar-refractivity contribution in [1.82, 2.24) is 4.90 Å². The van der Waals surface area contributed by atoms with Crippen LogP contribution < -0.4 is 5.32 Å². The Morgan fingerprint density at radius 2 is 1.81 bits per heavy atom. The Hall–Kier alpha value is -2.43. The zero-order valence-corrected chi connectivity index (χ0v) is 11.6. The van der Waals surface area contributed by atoms with Gasteiger partial charge in [0.05, 0.1) is 6.54 Å². The van der Waals surface area contributed by atoms with Gasteiger partial charge in [-0.05, 0) is 17.7 Å². The van der Waals surface area contributed by atoms with Gasteiger partial charge in [0.15, 0.2) is 11.6 Å². The summed E-state index contributed by atoms with van der Waals surface area (Å²) in [4.78, 5) is 13.5. The number of rotatable bonds is 5. The van der Waals surface area contributed by atoms with Gasteiger partial charge >= 0.3 is 0 Å². The number of hydrogen-bond acceptors (Lipinski definition) is 2. The van der Waals surface area contributed by atoms with Crippen molar-refractivity contribution < 1.29 is 13.6 Å². The third-order valence-corrected chi connectivity index (χ3v) is 3.05. The van der Waals surface area contributed by atoms with Gasteiger partial charge in [-0.3, -0.25) is 4.79 Å². The highest BCUT2D eigenvalue weighted by Crippen LogP contribution is 2.13. The van der Waals surface area contributed by atoms with Crippen LogP contribution in [0, 0.1) is 11.6 Å². The van der Waals surface area contributed by atoms with Crippen molar-refractivity contribution in [2.45, 2.75) is 6.54 Å². The number of likely N-dealkylation sites (N-methyl/N-ethyl adjacent to an activating group) is 1. The van der Waals surface area contributed by atoms with Gasteiger partial charge in [0.25, 0.3) is 0 Å². The summed E-state index contributed by atoms with van der Waals surface area (Å²) in [5, 5.41) is 2.78. The normalized spacial score (nSPS) is 10.2. The lowest BCUT2D eigenvalue weighted by molar-refractivity contribution is -0.128. The number of carbonyl (C=O) groups excluding carboxylic acids is 1. The quantitative estimate of drug-likeness (QED) is 0.918. The Bertz CT molecular complexity index is 617. The third kappa shape index (κ3) is 4.27. The van der Waals surface area contributed by atoms with Crippen molar-refractivity contribution in [2.24, 2.45) is 0 Å². The molecule has 1 amide bonds. The summed E-state index contributed by atoms with van der Waals surface area (Å²) < 4.78 is 25.8. The molecule has 0 saturated carbocycles. The van der Waals surface area contributed by atoms with Gasteiger partial charge < -0.3 is 10.2 Å². The minimum absolute atomic E-state index is 0.0222. The molecule has 3 nitrogen and oxygen atoms in total. The van der Waals surface area contributed by atoms with Crippen molar-refractivity contribution in [3.8, 4) is 0 Å². The fraction of sp³-hybridized carbons (Fsp3) is 0.188. The van der Waals surface area contributed by atoms with E-state index in [1.807, 2.05) is 30.3 Å². The lowest BCUT2D eigenvalue weighted by Crippen LogP contribution is -2.31. The number of hydrogen-bond donors (Lipinski definition) is 1. The highest BCUT2D eigenvalue weighted by molar-refractivity contribution is 5.80. The van der Waals surface area contributed by atoms with Gasteiger partial charge in [-0.2, -0.15) is 0 Å². The van der Waals surface area contributed by atoms with Gasteiger partial charge in [-0.25, -0.2) is 8.78 Å². The fourth-order valence-corrected chi connectivity index (χ4v) is 1.86. The first-order valence-corrected chi connectivity index (χ1v) is 6.53. The molecule has 0 heterocycles. The molecule has 110 valence electrons. The Morgan fingerprint density at radius 3 is 2.48 bits per heavy atom. The van der Waals surface area contributed by atoms with E-state index in [-0.39, 0.29) is 12.5 Å². The zero-order chi connectivity index (χ0) is 15.2. The maximum atomic E-state index is 13.0. The van der Waals surface area contributed by atoms with E-state index in [4.69, 9.17) is 0 Å². The molecule has 0 aliphatic carbocycles. The first kappa shape index (κ1) is 15.0. The van der Waals surface area contributed by atoms with Crippen molar-refractivity contribution in [3.05, 3.63) is 65.7 Å². The van der Waals surface area contributed by atoms with Crippen molar-refractivity contribution in [2.75, 3.05) is 18.9 Å². The summed E-state index contributed by atoms with van der Waals surface area (Å²) in [5.74, 6) is -1.98. The average Bonchev–Trinajstić information content (AvgIpc) is 2.49.